The minimum atomic E-state index is 0.687. The van der Waals surface area contributed by atoms with Crippen LogP contribution in [0.1, 0.15) is 0 Å². The topological polar surface area (TPSA) is 52.1 Å². The number of nitrogens with zero attached hydrogens (tertiary/aromatic N) is 2. The van der Waals surface area contributed by atoms with Gasteiger partial charge in [-0.05, 0) is 116 Å². The van der Waals surface area contributed by atoms with Crippen molar-refractivity contribution in [3.05, 3.63) is 231 Å². The summed E-state index contributed by atoms with van der Waals surface area (Å²) in [6.45, 7) is 0. The smallest absolute Gasteiger partial charge is 0.160 e. The monoisotopic (exact) mass is 842 g/mol. The van der Waals surface area contributed by atoms with Gasteiger partial charge in [-0.15, -0.1) is 0 Å². The number of hydrogen-bond donors (Lipinski definition) is 0. The van der Waals surface area contributed by atoms with Gasteiger partial charge >= 0.3 is 0 Å². The van der Waals surface area contributed by atoms with E-state index in [0.717, 1.165) is 105 Å². The summed E-state index contributed by atoms with van der Waals surface area (Å²) in [5.74, 6) is 0.687. The van der Waals surface area contributed by atoms with Crippen LogP contribution in [0.5, 0.6) is 0 Å². The molecule has 4 heteroatoms. The molecule has 10 aromatic carbocycles. The number of para-hydroxylation sites is 2. The normalized spacial score (nSPS) is 11.6. The third-order valence-corrected chi connectivity index (χ3v) is 12.9. The van der Waals surface area contributed by atoms with Crippen molar-refractivity contribution in [3.63, 3.8) is 0 Å². The Labute approximate surface area is 380 Å². The molecule has 0 aliphatic carbocycles. The number of fused-ring (bicyclic) bond motifs is 7. The standard InChI is InChI=1S/C62H38N2O2/c1-2-12-44(13-3-1)62-63-56(38-57(64-62)43-27-23-41(24-28-43)51-18-10-14-40-11-4-5-15-50(40)51)42-25-21-39(22-26-42)47-33-48(45-29-31-60-54(36-45)52-16-6-8-19-58(52)65-60)35-49(34-47)46-30-32-61-55(37-46)53-17-7-9-20-59(53)66-61/h1-38H. The van der Waals surface area contributed by atoms with Gasteiger partial charge in [-0.25, -0.2) is 9.97 Å². The van der Waals surface area contributed by atoms with Crippen LogP contribution in [0.15, 0.2) is 239 Å². The van der Waals surface area contributed by atoms with Crippen LogP contribution in [-0.4, -0.2) is 9.97 Å². The van der Waals surface area contributed by atoms with Gasteiger partial charge in [0.25, 0.3) is 0 Å². The Balaban J connectivity index is 0.908. The third-order valence-electron chi connectivity index (χ3n) is 12.9. The maximum absolute atomic E-state index is 6.23. The molecular weight excluding hydrogens is 805 g/mol. The van der Waals surface area contributed by atoms with E-state index in [1.165, 1.54) is 21.9 Å². The van der Waals surface area contributed by atoms with Crippen molar-refractivity contribution >= 4 is 54.6 Å². The molecule has 0 unspecified atom stereocenters. The van der Waals surface area contributed by atoms with E-state index < -0.39 is 0 Å². The zero-order valence-electron chi connectivity index (χ0n) is 35.7. The fourth-order valence-corrected chi connectivity index (χ4v) is 9.53. The van der Waals surface area contributed by atoms with E-state index in [1.54, 1.807) is 0 Å². The third kappa shape index (κ3) is 6.63. The molecule has 0 aliphatic rings. The molecule has 3 aromatic heterocycles. The number of furan rings is 2. The molecule has 4 nitrogen and oxygen atoms in total. The number of benzene rings is 10. The highest BCUT2D eigenvalue weighted by Gasteiger charge is 2.16. The molecule has 0 radical (unpaired) electrons. The SMILES string of the molecule is c1ccc(-c2nc(-c3ccc(-c4cc(-c5ccc6oc7ccccc7c6c5)cc(-c5ccc6oc7ccccc7c6c5)c4)cc3)cc(-c3ccc(-c4cccc5ccccc45)cc3)n2)cc1. The van der Waals surface area contributed by atoms with Gasteiger partial charge in [-0.2, -0.15) is 0 Å². The van der Waals surface area contributed by atoms with Crippen molar-refractivity contribution in [2.75, 3.05) is 0 Å². The summed E-state index contributed by atoms with van der Waals surface area (Å²) >= 11 is 0. The Morgan fingerprint density at radius 3 is 1.27 bits per heavy atom. The zero-order chi connectivity index (χ0) is 43.6. The summed E-state index contributed by atoms with van der Waals surface area (Å²) in [5, 5.41) is 6.90. The zero-order valence-corrected chi connectivity index (χ0v) is 35.7. The van der Waals surface area contributed by atoms with Crippen LogP contribution in [0.3, 0.4) is 0 Å². The summed E-state index contributed by atoms with van der Waals surface area (Å²) in [6, 6.07) is 81.3. The van der Waals surface area contributed by atoms with E-state index >= 15 is 0 Å². The average molecular weight is 843 g/mol. The van der Waals surface area contributed by atoms with Crippen LogP contribution >= 0.6 is 0 Å². The molecule has 0 aliphatic heterocycles. The van der Waals surface area contributed by atoms with Crippen molar-refractivity contribution in [1.82, 2.24) is 9.97 Å². The van der Waals surface area contributed by atoms with Crippen molar-refractivity contribution in [2.45, 2.75) is 0 Å². The van der Waals surface area contributed by atoms with E-state index in [-0.39, 0.29) is 0 Å². The van der Waals surface area contributed by atoms with E-state index in [9.17, 15) is 0 Å². The summed E-state index contributed by atoms with van der Waals surface area (Å²) in [6.07, 6.45) is 0. The van der Waals surface area contributed by atoms with Gasteiger partial charge in [-0.3, -0.25) is 0 Å². The second kappa shape index (κ2) is 15.4. The van der Waals surface area contributed by atoms with Crippen LogP contribution in [0.2, 0.25) is 0 Å². The molecule has 0 N–H and O–H groups in total. The van der Waals surface area contributed by atoms with Gasteiger partial charge in [0.05, 0.1) is 11.4 Å². The second-order valence-electron chi connectivity index (χ2n) is 16.9. The minimum Gasteiger partial charge on any atom is -0.456 e. The molecule has 13 aromatic rings. The van der Waals surface area contributed by atoms with Crippen molar-refractivity contribution in [3.8, 4) is 78.4 Å². The van der Waals surface area contributed by atoms with Gasteiger partial charge in [0.1, 0.15) is 22.3 Å². The first-order valence-electron chi connectivity index (χ1n) is 22.3. The Morgan fingerprint density at radius 1 is 0.242 bits per heavy atom. The lowest BCUT2D eigenvalue weighted by Crippen LogP contribution is -1.96. The largest absolute Gasteiger partial charge is 0.456 e. The van der Waals surface area contributed by atoms with Gasteiger partial charge in [0.2, 0.25) is 0 Å². The molecule has 0 amide bonds. The van der Waals surface area contributed by atoms with Crippen molar-refractivity contribution < 1.29 is 8.83 Å². The predicted molar refractivity (Wildman–Crippen MR) is 272 cm³/mol. The van der Waals surface area contributed by atoms with Crippen LogP contribution in [0.25, 0.3) is 133 Å². The summed E-state index contributed by atoms with van der Waals surface area (Å²) in [7, 11) is 0. The van der Waals surface area contributed by atoms with Crippen LogP contribution in [0, 0.1) is 0 Å². The Bertz CT molecular complexity index is 3840. The Hall–Kier alpha value is -8.86. The van der Waals surface area contributed by atoms with Crippen LogP contribution < -0.4 is 0 Å². The quantitative estimate of drug-likeness (QED) is 0.160. The van der Waals surface area contributed by atoms with Crippen molar-refractivity contribution in [2.24, 2.45) is 0 Å². The number of hydrogen-bond acceptors (Lipinski definition) is 4. The predicted octanol–water partition coefficient (Wildman–Crippen LogP) is 17.1. The molecular formula is C62H38N2O2. The highest BCUT2D eigenvalue weighted by atomic mass is 16.3. The molecule has 308 valence electrons. The first-order chi connectivity index (χ1) is 32.6. The maximum atomic E-state index is 6.23. The highest BCUT2D eigenvalue weighted by molar-refractivity contribution is 6.08. The Kier molecular flexibility index (Phi) is 8.81. The molecule has 0 atom stereocenters. The van der Waals surface area contributed by atoms with Crippen LogP contribution in [-0.2, 0) is 0 Å². The molecule has 0 saturated carbocycles. The Morgan fingerprint density at radius 2 is 0.682 bits per heavy atom. The fraction of sp³-hybridized carbons (Fsp3) is 0. The lowest BCUT2D eigenvalue weighted by Gasteiger charge is -2.13. The second-order valence-corrected chi connectivity index (χ2v) is 16.9. The average Bonchev–Trinajstić information content (AvgIpc) is 3.96. The van der Waals surface area contributed by atoms with Gasteiger partial charge in [0, 0.05) is 38.2 Å². The molecule has 0 saturated heterocycles. The number of aromatic nitrogens is 2. The first kappa shape index (κ1) is 37.7. The fourth-order valence-electron chi connectivity index (χ4n) is 9.53. The molecule has 0 bridgehead atoms. The van der Waals surface area contributed by atoms with Crippen LogP contribution in [0.4, 0.5) is 0 Å². The van der Waals surface area contributed by atoms with E-state index in [0.29, 0.717) is 5.82 Å². The highest BCUT2D eigenvalue weighted by Crippen LogP contribution is 2.40. The van der Waals surface area contributed by atoms with E-state index in [1.807, 2.05) is 42.5 Å². The summed E-state index contributed by atoms with van der Waals surface area (Å²) in [5.41, 5.74) is 17.4. The van der Waals surface area contributed by atoms with E-state index in [2.05, 4.69) is 188 Å². The van der Waals surface area contributed by atoms with Gasteiger partial charge in [0.15, 0.2) is 5.82 Å². The van der Waals surface area contributed by atoms with Gasteiger partial charge < -0.3 is 8.83 Å². The molecule has 66 heavy (non-hydrogen) atoms. The lowest BCUT2D eigenvalue weighted by atomic mass is 9.92. The lowest BCUT2D eigenvalue weighted by molar-refractivity contribution is 0.668. The van der Waals surface area contributed by atoms with Crippen molar-refractivity contribution in [1.29, 1.82) is 0 Å². The van der Waals surface area contributed by atoms with Gasteiger partial charge in [-0.1, -0.05) is 170 Å². The molecule has 13 rings (SSSR count). The number of rotatable bonds is 7. The summed E-state index contributed by atoms with van der Waals surface area (Å²) in [4.78, 5) is 10.3. The van der Waals surface area contributed by atoms with E-state index in [4.69, 9.17) is 18.8 Å². The first-order valence-corrected chi connectivity index (χ1v) is 22.3. The maximum Gasteiger partial charge on any atom is 0.160 e. The minimum absolute atomic E-state index is 0.687. The summed E-state index contributed by atoms with van der Waals surface area (Å²) < 4.78 is 12.5. The molecule has 3 heterocycles. The molecule has 0 fully saturated rings. The molecule has 0 spiro atoms.